The van der Waals surface area contributed by atoms with Gasteiger partial charge in [-0.2, -0.15) is 0 Å². The zero-order valence-corrected chi connectivity index (χ0v) is 18.0. The van der Waals surface area contributed by atoms with Crippen LogP contribution in [0.1, 0.15) is 42.7 Å². The fourth-order valence-electron chi connectivity index (χ4n) is 4.69. The van der Waals surface area contributed by atoms with E-state index in [4.69, 9.17) is 4.42 Å². The first-order valence-electron chi connectivity index (χ1n) is 11.3. The van der Waals surface area contributed by atoms with Crippen LogP contribution in [-0.4, -0.2) is 52.9 Å². The number of nitrogens with zero attached hydrogens (tertiary/aromatic N) is 4. The number of rotatable bonds is 5. The number of piperazine rings is 1. The SMILES string of the molecule is O=C(CC1CCCC1)Nc1c(C(=O)N2CCN(c3ncccn3)CC2)oc2ccccc12. The Hall–Kier alpha value is -3.42. The van der Waals surface area contributed by atoms with E-state index in [0.29, 0.717) is 55.7 Å². The molecule has 2 aliphatic rings. The molecule has 5 rings (SSSR count). The highest BCUT2D eigenvalue weighted by Crippen LogP contribution is 2.33. The lowest BCUT2D eigenvalue weighted by Crippen LogP contribution is -2.49. The maximum absolute atomic E-state index is 13.4. The van der Waals surface area contributed by atoms with Crippen LogP contribution in [0.3, 0.4) is 0 Å². The summed E-state index contributed by atoms with van der Waals surface area (Å²) in [5, 5.41) is 3.76. The molecule has 32 heavy (non-hydrogen) atoms. The van der Waals surface area contributed by atoms with Crippen LogP contribution in [-0.2, 0) is 4.79 Å². The molecule has 2 aromatic heterocycles. The summed E-state index contributed by atoms with van der Waals surface area (Å²) in [7, 11) is 0. The third-order valence-corrected chi connectivity index (χ3v) is 6.40. The lowest BCUT2D eigenvalue weighted by Gasteiger charge is -2.34. The van der Waals surface area contributed by atoms with Gasteiger partial charge in [0, 0.05) is 50.4 Å². The summed E-state index contributed by atoms with van der Waals surface area (Å²) in [6.45, 7) is 2.34. The molecule has 0 unspecified atom stereocenters. The fourth-order valence-corrected chi connectivity index (χ4v) is 4.69. The van der Waals surface area contributed by atoms with Crippen LogP contribution in [0.25, 0.3) is 11.0 Å². The van der Waals surface area contributed by atoms with Gasteiger partial charge in [0.15, 0.2) is 0 Å². The second-order valence-corrected chi connectivity index (χ2v) is 8.53. The minimum atomic E-state index is -0.203. The first-order valence-corrected chi connectivity index (χ1v) is 11.3. The number of anilines is 2. The maximum Gasteiger partial charge on any atom is 0.291 e. The van der Waals surface area contributed by atoms with Gasteiger partial charge in [0.2, 0.25) is 17.6 Å². The summed E-state index contributed by atoms with van der Waals surface area (Å²) in [6.07, 6.45) is 8.50. The summed E-state index contributed by atoms with van der Waals surface area (Å²) < 4.78 is 5.95. The van der Waals surface area contributed by atoms with Crippen molar-refractivity contribution in [3.63, 3.8) is 0 Å². The molecule has 2 fully saturated rings. The van der Waals surface area contributed by atoms with Gasteiger partial charge in [-0.1, -0.05) is 25.0 Å². The normalized spacial score (nSPS) is 17.1. The number of aromatic nitrogens is 2. The molecule has 0 spiro atoms. The van der Waals surface area contributed by atoms with Crippen LogP contribution >= 0.6 is 0 Å². The number of furan rings is 1. The smallest absolute Gasteiger partial charge is 0.291 e. The first kappa shape index (κ1) is 20.5. The fraction of sp³-hybridized carbons (Fsp3) is 0.417. The Kier molecular flexibility index (Phi) is 5.75. The molecule has 8 heteroatoms. The summed E-state index contributed by atoms with van der Waals surface area (Å²) in [5.41, 5.74) is 1.09. The molecular weight excluding hydrogens is 406 g/mol. The van der Waals surface area contributed by atoms with Crippen molar-refractivity contribution in [2.75, 3.05) is 36.4 Å². The Labute approximate surface area is 186 Å². The van der Waals surface area contributed by atoms with Crippen LogP contribution < -0.4 is 10.2 Å². The van der Waals surface area contributed by atoms with Crippen molar-refractivity contribution in [2.24, 2.45) is 5.92 Å². The average Bonchev–Trinajstić information content (AvgIpc) is 3.47. The van der Waals surface area contributed by atoms with Crippen molar-refractivity contribution in [3.8, 4) is 0 Å². The Balaban J connectivity index is 1.33. The summed E-state index contributed by atoms with van der Waals surface area (Å²) in [4.78, 5) is 38.6. The monoisotopic (exact) mass is 433 g/mol. The predicted molar refractivity (Wildman–Crippen MR) is 122 cm³/mol. The van der Waals surface area contributed by atoms with Crippen molar-refractivity contribution in [1.29, 1.82) is 0 Å². The number of hydrogen-bond acceptors (Lipinski definition) is 6. The second kappa shape index (κ2) is 8.98. The molecule has 3 heterocycles. The van der Waals surface area contributed by atoms with Gasteiger partial charge in [-0.15, -0.1) is 0 Å². The minimum Gasteiger partial charge on any atom is -0.449 e. The van der Waals surface area contributed by atoms with Gasteiger partial charge in [-0.3, -0.25) is 9.59 Å². The summed E-state index contributed by atoms with van der Waals surface area (Å²) in [5.74, 6) is 1.05. The third-order valence-electron chi connectivity index (χ3n) is 6.40. The van der Waals surface area contributed by atoms with Crippen molar-refractivity contribution in [2.45, 2.75) is 32.1 Å². The van der Waals surface area contributed by atoms with E-state index >= 15 is 0 Å². The van der Waals surface area contributed by atoms with Gasteiger partial charge in [0.25, 0.3) is 5.91 Å². The van der Waals surface area contributed by atoms with Gasteiger partial charge in [-0.05, 0) is 37.0 Å². The Morgan fingerprint density at radius 1 is 1.00 bits per heavy atom. The van der Waals surface area contributed by atoms with Crippen LogP contribution in [0, 0.1) is 5.92 Å². The zero-order valence-electron chi connectivity index (χ0n) is 18.0. The summed E-state index contributed by atoms with van der Waals surface area (Å²) in [6, 6.07) is 9.24. The number of carbonyl (C=O) groups excluding carboxylic acids is 2. The molecule has 1 saturated carbocycles. The molecule has 1 aromatic carbocycles. The number of para-hydroxylation sites is 1. The molecule has 0 radical (unpaired) electrons. The molecule has 1 aliphatic heterocycles. The second-order valence-electron chi connectivity index (χ2n) is 8.53. The maximum atomic E-state index is 13.4. The van der Waals surface area contributed by atoms with Crippen molar-refractivity contribution in [3.05, 3.63) is 48.5 Å². The highest BCUT2D eigenvalue weighted by atomic mass is 16.3. The molecule has 1 aliphatic carbocycles. The lowest BCUT2D eigenvalue weighted by atomic mass is 10.0. The number of carbonyl (C=O) groups is 2. The number of hydrogen-bond donors (Lipinski definition) is 1. The van der Waals surface area contributed by atoms with E-state index in [-0.39, 0.29) is 17.6 Å². The molecule has 2 amide bonds. The van der Waals surface area contributed by atoms with Crippen LogP contribution in [0.15, 0.2) is 47.1 Å². The molecule has 8 nitrogen and oxygen atoms in total. The van der Waals surface area contributed by atoms with E-state index in [1.54, 1.807) is 23.4 Å². The largest absolute Gasteiger partial charge is 0.449 e. The van der Waals surface area contributed by atoms with Gasteiger partial charge in [0.05, 0.1) is 0 Å². The Morgan fingerprint density at radius 2 is 1.72 bits per heavy atom. The Morgan fingerprint density at radius 3 is 2.47 bits per heavy atom. The van der Waals surface area contributed by atoms with Crippen molar-refractivity contribution >= 4 is 34.4 Å². The standard InChI is InChI=1S/C24H27N5O3/c30-20(16-17-6-1-2-7-17)27-21-18-8-3-4-9-19(18)32-22(21)23(31)28-12-14-29(15-13-28)24-25-10-5-11-26-24/h3-5,8-11,17H,1-2,6-7,12-16H2,(H,27,30). The predicted octanol–water partition coefficient (Wildman–Crippen LogP) is 3.70. The van der Waals surface area contributed by atoms with Crippen molar-refractivity contribution < 1.29 is 14.0 Å². The molecule has 3 aromatic rings. The van der Waals surface area contributed by atoms with Crippen LogP contribution in [0.4, 0.5) is 11.6 Å². The Bertz CT molecular complexity index is 1100. The van der Waals surface area contributed by atoms with Crippen LogP contribution in [0.2, 0.25) is 0 Å². The molecule has 1 saturated heterocycles. The first-order chi connectivity index (χ1) is 15.7. The van der Waals surface area contributed by atoms with E-state index in [9.17, 15) is 9.59 Å². The molecule has 166 valence electrons. The number of benzene rings is 1. The van der Waals surface area contributed by atoms with E-state index in [1.807, 2.05) is 24.3 Å². The van der Waals surface area contributed by atoms with Gasteiger partial charge >= 0.3 is 0 Å². The van der Waals surface area contributed by atoms with Crippen LogP contribution in [0.5, 0.6) is 0 Å². The number of amides is 2. The van der Waals surface area contributed by atoms with E-state index in [2.05, 4.69) is 20.2 Å². The molecular formula is C24H27N5O3. The molecule has 0 atom stereocenters. The topological polar surface area (TPSA) is 91.6 Å². The number of fused-ring (bicyclic) bond motifs is 1. The minimum absolute atomic E-state index is 0.0523. The highest BCUT2D eigenvalue weighted by Gasteiger charge is 2.30. The third kappa shape index (κ3) is 4.17. The van der Waals surface area contributed by atoms with Crippen molar-refractivity contribution in [1.82, 2.24) is 14.9 Å². The van der Waals surface area contributed by atoms with Gasteiger partial charge in [0.1, 0.15) is 11.3 Å². The van der Waals surface area contributed by atoms with Gasteiger partial charge < -0.3 is 19.5 Å². The molecule has 0 bridgehead atoms. The number of nitrogens with one attached hydrogen (secondary N) is 1. The van der Waals surface area contributed by atoms with Gasteiger partial charge in [-0.25, -0.2) is 9.97 Å². The summed E-state index contributed by atoms with van der Waals surface area (Å²) >= 11 is 0. The van der Waals surface area contributed by atoms with E-state index in [1.165, 1.54) is 12.8 Å². The average molecular weight is 434 g/mol. The zero-order chi connectivity index (χ0) is 21.9. The van der Waals surface area contributed by atoms with E-state index < -0.39 is 0 Å². The lowest BCUT2D eigenvalue weighted by molar-refractivity contribution is -0.117. The van der Waals surface area contributed by atoms with E-state index in [0.717, 1.165) is 18.2 Å². The quantitative estimate of drug-likeness (QED) is 0.660. The molecule has 1 N–H and O–H groups in total. The highest BCUT2D eigenvalue weighted by molar-refractivity contribution is 6.10.